The van der Waals surface area contributed by atoms with Crippen molar-refractivity contribution in [2.45, 2.75) is 13.8 Å². The van der Waals surface area contributed by atoms with Gasteiger partial charge in [0.1, 0.15) is 5.00 Å². The van der Waals surface area contributed by atoms with E-state index in [-0.39, 0.29) is 5.56 Å². The van der Waals surface area contributed by atoms with Gasteiger partial charge in [0.15, 0.2) is 0 Å². The number of aromatic nitrogens is 1. The van der Waals surface area contributed by atoms with E-state index in [0.29, 0.717) is 0 Å². The zero-order chi connectivity index (χ0) is 12.4. The highest BCUT2D eigenvalue weighted by Gasteiger charge is 2.07. The lowest BCUT2D eigenvalue weighted by atomic mass is 10.2. The maximum Gasteiger partial charge on any atom is 0.335 e. The second kappa shape index (κ2) is 4.55. The molecular weight excluding hydrogens is 236 g/mol. The fourth-order valence-corrected chi connectivity index (χ4v) is 2.35. The number of carboxylic acid groups (broad SMARTS) is 1. The van der Waals surface area contributed by atoms with Crippen molar-refractivity contribution < 1.29 is 9.90 Å². The van der Waals surface area contributed by atoms with Crippen LogP contribution in [0.3, 0.4) is 0 Å². The van der Waals surface area contributed by atoms with Gasteiger partial charge in [-0.25, -0.2) is 9.78 Å². The molecule has 0 bridgehead atoms. The van der Waals surface area contributed by atoms with Crippen molar-refractivity contribution in [2.75, 3.05) is 5.32 Å². The van der Waals surface area contributed by atoms with Crippen LogP contribution in [0.4, 0.5) is 10.7 Å². The van der Waals surface area contributed by atoms with Crippen LogP contribution in [0.25, 0.3) is 0 Å². The molecular formula is C12H12N2O2S. The molecule has 2 N–H and O–H groups in total. The minimum absolute atomic E-state index is 0.272. The minimum atomic E-state index is -0.925. The Morgan fingerprint density at radius 1 is 1.41 bits per heavy atom. The van der Waals surface area contributed by atoms with Crippen LogP contribution in [-0.2, 0) is 0 Å². The van der Waals surface area contributed by atoms with E-state index >= 15 is 0 Å². The van der Waals surface area contributed by atoms with Gasteiger partial charge in [-0.3, -0.25) is 0 Å². The van der Waals surface area contributed by atoms with Crippen LogP contribution in [-0.4, -0.2) is 16.1 Å². The van der Waals surface area contributed by atoms with Gasteiger partial charge in [0.2, 0.25) is 0 Å². The predicted molar refractivity (Wildman–Crippen MR) is 68.3 cm³/mol. The molecule has 0 atom stereocenters. The molecule has 5 heteroatoms. The number of carbonyl (C=O) groups is 1. The summed E-state index contributed by atoms with van der Waals surface area (Å²) in [6.07, 6.45) is 0. The number of thiazole rings is 1. The fraction of sp³-hybridized carbons (Fsp3) is 0.167. The predicted octanol–water partition coefficient (Wildman–Crippen LogP) is 3.20. The first-order valence-electron chi connectivity index (χ1n) is 5.10. The lowest BCUT2D eigenvalue weighted by Gasteiger charge is -2.05. The first kappa shape index (κ1) is 11.6. The maximum absolute atomic E-state index is 10.8. The Hall–Kier alpha value is -1.88. The lowest BCUT2D eigenvalue weighted by molar-refractivity contribution is 0.0697. The van der Waals surface area contributed by atoms with E-state index < -0.39 is 5.97 Å². The number of aromatic carboxylic acids is 1. The number of rotatable bonds is 3. The molecule has 0 unspecified atom stereocenters. The molecule has 1 aromatic carbocycles. The standard InChI is InChI=1S/C12H12N2O2S/c1-7-11(17-8(2)13-7)14-10-5-3-4-9(6-10)12(15)16/h3-6,14H,1-2H3,(H,15,16). The average Bonchev–Trinajstić information content (AvgIpc) is 2.58. The molecule has 0 saturated heterocycles. The lowest BCUT2D eigenvalue weighted by Crippen LogP contribution is -1.97. The highest BCUT2D eigenvalue weighted by molar-refractivity contribution is 7.15. The Bertz CT molecular complexity index is 563. The van der Waals surface area contributed by atoms with E-state index in [4.69, 9.17) is 5.11 Å². The van der Waals surface area contributed by atoms with Gasteiger partial charge in [0.25, 0.3) is 0 Å². The number of hydrogen-bond acceptors (Lipinski definition) is 4. The van der Waals surface area contributed by atoms with Crippen molar-refractivity contribution in [2.24, 2.45) is 0 Å². The van der Waals surface area contributed by atoms with Gasteiger partial charge in [-0.05, 0) is 32.0 Å². The molecule has 0 spiro atoms. The van der Waals surface area contributed by atoms with Crippen LogP contribution in [0.2, 0.25) is 0 Å². The van der Waals surface area contributed by atoms with Crippen molar-refractivity contribution in [1.82, 2.24) is 4.98 Å². The largest absolute Gasteiger partial charge is 0.478 e. The van der Waals surface area contributed by atoms with Gasteiger partial charge in [-0.2, -0.15) is 0 Å². The summed E-state index contributed by atoms with van der Waals surface area (Å²) < 4.78 is 0. The maximum atomic E-state index is 10.8. The van der Waals surface area contributed by atoms with Crippen molar-refractivity contribution in [3.63, 3.8) is 0 Å². The van der Waals surface area contributed by atoms with Gasteiger partial charge in [0, 0.05) is 5.69 Å². The van der Waals surface area contributed by atoms with Gasteiger partial charge in [-0.15, -0.1) is 11.3 Å². The molecule has 88 valence electrons. The first-order chi connectivity index (χ1) is 8.06. The third-order valence-corrected chi connectivity index (χ3v) is 3.26. The summed E-state index contributed by atoms with van der Waals surface area (Å²) in [6.45, 7) is 3.86. The molecule has 0 amide bonds. The van der Waals surface area contributed by atoms with Crippen molar-refractivity contribution >= 4 is 28.0 Å². The normalized spacial score (nSPS) is 10.2. The van der Waals surface area contributed by atoms with Gasteiger partial charge in [0.05, 0.1) is 16.3 Å². The summed E-state index contributed by atoms with van der Waals surface area (Å²) in [5.74, 6) is -0.925. The number of nitrogens with zero attached hydrogens (tertiary/aromatic N) is 1. The molecule has 0 radical (unpaired) electrons. The van der Waals surface area contributed by atoms with Gasteiger partial charge in [-0.1, -0.05) is 6.07 Å². The quantitative estimate of drug-likeness (QED) is 0.875. The van der Waals surface area contributed by atoms with E-state index in [1.54, 1.807) is 29.5 Å². The van der Waals surface area contributed by atoms with Crippen LogP contribution < -0.4 is 5.32 Å². The smallest absolute Gasteiger partial charge is 0.335 e. The molecule has 4 nitrogen and oxygen atoms in total. The highest BCUT2D eigenvalue weighted by atomic mass is 32.1. The molecule has 0 aliphatic heterocycles. The van der Waals surface area contributed by atoms with Crippen LogP contribution >= 0.6 is 11.3 Å². The molecule has 0 fully saturated rings. The van der Waals surface area contributed by atoms with Crippen molar-refractivity contribution in [3.8, 4) is 0 Å². The summed E-state index contributed by atoms with van der Waals surface area (Å²) in [5.41, 5.74) is 1.96. The number of benzene rings is 1. The Morgan fingerprint density at radius 3 is 2.76 bits per heavy atom. The van der Waals surface area contributed by atoms with Gasteiger partial charge >= 0.3 is 5.97 Å². The van der Waals surface area contributed by atoms with Crippen molar-refractivity contribution in [3.05, 3.63) is 40.5 Å². The molecule has 1 heterocycles. The van der Waals surface area contributed by atoms with E-state index in [2.05, 4.69) is 10.3 Å². The molecule has 1 aromatic heterocycles. The van der Waals surface area contributed by atoms with Crippen LogP contribution in [0, 0.1) is 13.8 Å². The third kappa shape index (κ3) is 2.62. The number of aryl methyl sites for hydroxylation is 2. The van der Waals surface area contributed by atoms with Crippen molar-refractivity contribution in [1.29, 1.82) is 0 Å². The Labute approximate surface area is 103 Å². The molecule has 0 saturated carbocycles. The Balaban J connectivity index is 2.27. The second-order valence-corrected chi connectivity index (χ2v) is 4.86. The zero-order valence-corrected chi connectivity index (χ0v) is 10.3. The van der Waals surface area contributed by atoms with Gasteiger partial charge < -0.3 is 10.4 Å². The second-order valence-electron chi connectivity index (χ2n) is 3.66. The summed E-state index contributed by atoms with van der Waals surface area (Å²) >= 11 is 1.55. The van der Waals surface area contributed by atoms with E-state index in [1.807, 2.05) is 19.9 Å². The highest BCUT2D eigenvalue weighted by Crippen LogP contribution is 2.27. The minimum Gasteiger partial charge on any atom is -0.478 e. The number of hydrogen-bond donors (Lipinski definition) is 2. The third-order valence-electron chi connectivity index (χ3n) is 2.27. The van der Waals surface area contributed by atoms with E-state index in [1.165, 1.54) is 0 Å². The molecule has 2 rings (SSSR count). The molecule has 0 aliphatic carbocycles. The fourth-order valence-electron chi connectivity index (χ4n) is 1.51. The molecule has 17 heavy (non-hydrogen) atoms. The average molecular weight is 248 g/mol. The number of carboxylic acids is 1. The van der Waals surface area contributed by atoms with E-state index in [0.717, 1.165) is 21.4 Å². The topological polar surface area (TPSA) is 62.2 Å². The first-order valence-corrected chi connectivity index (χ1v) is 5.92. The Kier molecular flexibility index (Phi) is 3.10. The Morgan fingerprint density at radius 2 is 2.18 bits per heavy atom. The molecule has 2 aromatic rings. The summed E-state index contributed by atoms with van der Waals surface area (Å²) in [5, 5.41) is 14.0. The summed E-state index contributed by atoms with van der Waals surface area (Å²) in [7, 11) is 0. The number of nitrogens with one attached hydrogen (secondary N) is 1. The SMILES string of the molecule is Cc1nc(C)c(Nc2cccc(C(=O)O)c2)s1. The molecule has 0 aliphatic rings. The summed E-state index contributed by atoms with van der Waals surface area (Å²) in [6, 6.07) is 6.73. The van der Waals surface area contributed by atoms with E-state index in [9.17, 15) is 4.79 Å². The zero-order valence-electron chi connectivity index (χ0n) is 9.52. The monoisotopic (exact) mass is 248 g/mol. The number of anilines is 2. The van der Waals surface area contributed by atoms with Crippen LogP contribution in [0.1, 0.15) is 21.1 Å². The summed E-state index contributed by atoms with van der Waals surface area (Å²) in [4.78, 5) is 15.1. The van der Waals surface area contributed by atoms with Crippen LogP contribution in [0.15, 0.2) is 24.3 Å². The van der Waals surface area contributed by atoms with Crippen LogP contribution in [0.5, 0.6) is 0 Å².